The van der Waals surface area contributed by atoms with Crippen LogP contribution in [0.2, 0.25) is 0 Å². The van der Waals surface area contributed by atoms with E-state index in [2.05, 4.69) is 0 Å². The van der Waals surface area contributed by atoms with Gasteiger partial charge in [0, 0.05) is 6.61 Å². The largest absolute Gasteiger partial charge is 1.00 e. The van der Waals surface area contributed by atoms with Crippen LogP contribution in [0.1, 0.15) is 9.78 Å². The molecule has 0 bridgehead atoms. The van der Waals surface area contributed by atoms with Crippen molar-refractivity contribution in [1.82, 2.24) is 0 Å². The van der Waals surface area contributed by atoms with Gasteiger partial charge in [-0.1, -0.05) is 0 Å². The van der Waals surface area contributed by atoms with Gasteiger partial charge in [0.2, 0.25) is 0 Å². The van der Waals surface area contributed by atoms with E-state index in [0.29, 0.717) is 0 Å². The van der Waals surface area contributed by atoms with Crippen LogP contribution in [0.25, 0.3) is 0 Å². The normalized spacial score (nSPS) is 7.70. The summed E-state index contributed by atoms with van der Waals surface area (Å²) in [6.07, 6.45) is 0. The van der Waals surface area contributed by atoms with E-state index < -0.39 is 7.82 Å². The van der Waals surface area contributed by atoms with Crippen LogP contribution < -0.4 is 59.1 Å². The standard InChI is InChI=1S/C2H6O.2Na.H3O4P.2H/c1-2-3;;;1-5(2,3)4;;/h3H,2H2,1H3;;;(H3,1,2,3,4);;/q;2*+1;;2*-1. The molecule has 8 heteroatoms. The molecule has 4 N–H and O–H groups in total. The second-order valence-corrected chi connectivity index (χ2v) is 1.86. The van der Waals surface area contributed by atoms with Gasteiger partial charge in [-0.15, -0.1) is 0 Å². The maximum atomic E-state index is 8.88. The second kappa shape index (κ2) is 13.6. The zero-order chi connectivity index (χ0) is 7.21. The van der Waals surface area contributed by atoms with Crippen LogP contribution in [-0.2, 0) is 4.57 Å². The van der Waals surface area contributed by atoms with Crippen LogP contribution in [0.15, 0.2) is 0 Å². The molecular formula is C2H11Na2O5P. The molecule has 0 aliphatic rings. The molecule has 0 aliphatic carbocycles. The van der Waals surface area contributed by atoms with Gasteiger partial charge in [0.25, 0.3) is 0 Å². The molecule has 0 fully saturated rings. The van der Waals surface area contributed by atoms with Crippen molar-refractivity contribution in [3.63, 3.8) is 0 Å². The third-order valence-corrected chi connectivity index (χ3v) is 0. The first-order valence-electron chi connectivity index (χ1n) is 1.81. The minimum absolute atomic E-state index is 0. The van der Waals surface area contributed by atoms with Gasteiger partial charge in [-0.05, 0) is 6.92 Å². The van der Waals surface area contributed by atoms with Crippen molar-refractivity contribution in [2.75, 3.05) is 6.61 Å². The summed E-state index contributed by atoms with van der Waals surface area (Å²) in [6, 6.07) is 0. The number of hydrogen-bond acceptors (Lipinski definition) is 2. The summed E-state index contributed by atoms with van der Waals surface area (Å²) in [6.45, 7) is 1.93. The van der Waals surface area contributed by atoms with Crippen molar-refractivity contribution in [3.8, 4) is 0 Å². The first-order valence-corrected chi connectivity index (χ1v) is 3.37. The third kappa shape index (κ3) is 193. The molecule has 0 unspecified atom stereocenters. The average molecular weight is 192 g/mol. The molecule has 0 saturated carbocycles. The quantitative estimate of drug-likeness (QED) is 0.226. The summed E-state index contributed by atoms with van der Waals surface area (Å²) in [5, 5.41) is 7.57. The molecule has 10 heavy (non-hydrogen) atoms. The summed E-state index contributed by atoms with van der Waals surface area (Å²) in [5.74, 6) is 0. The van der Waals surface area contributed by atoms with Crippen LogP contribution in [0.3, 0.4) is 0 Å². The Bertz CT molecular complexity index is 81.3. The van der Waals surface area contributed by atoms with Crippen LogP contribution in [0.5, 0.6) is 0 Å². The van der Waals surface area contributed by atoms with E-state index in [-0.39, 0.29) is 68.6 Å². The van der Waals surface area contributed by atoms with E-state index in [1.807, 2.05) is 0 Å². The van der Waals surface area contributed by atoms with Crippen LogP contribution >= 0.6 is 7.82 Å². The Kier molecular flexibility index (Phi) is 31.0. The van der Waals surface area contributed by atoms with Crippen molar-refractivity contribution < 1.29 is 86.3 Å². The smallest absolute Gasteiger partial charge is 1.00 e. The summed E-state index contributed by atoms with van der Waals surface area (Å²) in [5.41, 5.74) is 0. The molecule has 0 saturated heterocycles. The fraction of sp³-hybridized carbons (Fsp3) is 1.00. The minimum Gasteiger partial charge on any atom is -1.00 e. The van der Waals surface area contributed by atoms with Gasteiger partial charge in [0.15, 0.2) is 0 Å². The maximum Gasteiger partial charge on any atom is 1.00 e. The molecular weight excluding hydrogens is 181 g/mol. The van der Waals surface area contributed by atoms with Crippen molar-refractivity contribution in [2.45, 2.75) is 6.92 Å². The van der Waals surface area contributed by atoms with Gasteiger partial charge < -0.3 is 22.6 Å². The molecule has 0 atom stereocenters. The SMILES string of the molecule is CCO.O=P(O)(O)O.[H-].[H-].[Na+].[Na+]. The number of phosphoric acid groups is 1. The van der Waals surface area contributed by atoms with Gasteiger partial charge >= 0.3 is 66.9 Å². The van der Waals surface area contributed by atoms with Gasteiger partial charge in [0.1, 0.15) is 0 Å². The molecule has 0 amide bonds. The van der Waals surface area contributed by atoms with Crippen molar-refractivity contribution in [2.24, 2.45) is 0 Å². The van der Waals surface area contributed by atoms with Gasteiger partial charge in [0.05, 0.1) is 0 Å². The van der Waals surface area contributed by atoms with Gasteiger partial charge in [-0.25, -0.2) is 4.57 Å². The van der Waals surface area contributed by atoms with Crippen LogP contribution in [0, 0.1) is 0 Å². The Hall–Kier alpha value is 2.07. The molecule has 56 valence electrons. The molecule has 0 aromatic heterocycles. The number of rotatable bonds is 0. The van der Waals surface area contributed by atoms with E-state index >= 15 is 0 Å². The topological polar surface area (TPSA) is 98.0 Å². The molecule has 0 aromatic rings. The Morgan fingerprint density at radius 2 is 1.30 bits per heavy atom. The van der Waals surface area contributed by atoms with E-state index in [0.717, 1.165) is 0 Å². The molecule has 0 spiro atoms. The molecule has 0 rings (SSSR count). The van der Waals surface area contributed by atoms with Crippen molar-refractivity contribution in [1.29, 1.82) is 0 Å². The zero-order valence-corrected chi connectivity index (χ0v) is 11.2. The van der Waals surface area contributed by atoms with Crippen LogP contribution in [0.4, 0.5) is 0 Å². The molecule has 0 radical (unpaired) electrons. The van der Waals surface area contributed by atoms with Crippen molar-refractivity contribution in [3.05, 3.63) is 0 Å². The average Bonchev–Trinajstić information content (AvgIpc) is 1.27. The Labute approximate surface area is 107 Å². The number of aliphatic hydroxyl groups is 1. The van der Waals surface area contributed by atoms with Crippen molar-refractivity contribution >= 4 is 7.82 Å². The summed E-state index contributed by atoms with van der Waals surface area (Å²) < 4.78 is 8.88. The van der Waals surface area contributed by atoms with Crippen LogP contribution in [-0.4, -0.2) is 26.4 Å². The monoisotopic (exact) mass is 192 g/mol. The predicted octanol–water partition coefficient (Wildman–Crippen LogP) is -6.70. The zero-order valence-electron chi connectivity index (χ0n) is 8.35. The maximum absolute atomic E-state index is 8.88. The summed E-state index contributed by atoms with van der Waals surface area (Å²) in [4.78, 5) is 21.6. The number of hydrogen-bond donors (Lipinski definition) is 4. The van der Waals surface area contributed by atoms with E-state index in [9.17, 15) is 0 Å². The van der Waals surface area contributed by atoms with E-state index in [1.165, 1.54) is 0 Å². The Morgan fingerprint density at radius 3 is 1.30 bits per heavy atom. The van der Waals surface area contributed by atoms with E-state index in [4.69, 9.17) is 24.4 Å². The second-order valence-electron chi connectivity index (χ2n) is 0.830. The fourth-order valence-corrected chi connectivity index (χ4v) is 0. The molecule has 0 heterocycles. The summed E-state index contributed by atoms with van der Waals surface area (Å²) >= 11 is 0. The first-order chi connectivity index (χ1) is 3.41. The fourth-order valence-electron chi connectivity index (χ4n) is 0. The van der Waals surface area contributed by atoms with E-state index in [1.54, 1.807) is 6.92 Å². The Balaban J connectivity index is -0.0000000119. The molecule has 0 aromatic carbocycles. The van der Waals surface area contributed by atoms with Gasteiger partial charge in [-0.2, -0.15) is 0 Å². The summed E-state index contributed by atoms with van der Waals surface area (Å²) in [7, 11) is -4.64. The minimum atomic E-state index is -4.64. The first kappa shape index (κ1) is 22.7. The van der Waals surface area contributed by atoms with Gasteiger partial charge in [-0.3, -0.25) is 0 Å². The number of aliphatic hydroxyl groups excluding tert-OH is 1. The third-order valence-electron chi connectivity index (χ3n) is 0. The molecule has 5 nitrogen and oxygen atoms in total. The molecule has 0 aliphatic heterocycles. The predicted molar refractivity (Wildman–Crippen MR) is 29.2 cm³/mol. The Morgan fingerprint density at radius 1 is 1.30 bits per heavy atom.